The van der Waals surface area contributed by atoms with Crippen molar-refractivity contribution in [3.05, 3.63) is 24.5 Å². The van der Waals surface area contributed by atoms with Crippen LogP contribution in [-0.2, 0) is 4.74 Å². The van der Waals surface area contributed by atoms with Crippen molar-refractivity contribution in [2.75, 3.05) is 30.8 Å². The van der Waals surface area contributed by atoms with Gasteiger partial charge in [0.05, 0.1) is 5.52 Å². The SMILES string of the molecule is Nc1ccc2c(NCC3CCOCC3)ncnc2c1. The number of fused-ring (bicyclic) bond motifs is 1. The van der Waals surface area contributed by atoms with Gasteiger partial charge in [-0.05, 0) is 37.0 Å². The molecule has 1 saturated heterocycles. The quantitative estimate of drug-likeness (QED) is 0.824. The summed E-state index contributed by atoms with van der Waals surface area (Å²) in [6.07, 6.45) is 3.81. The number of anilines is 2. The first-order valence-corrected chi connectivity index (χ1v) is 6.65. The average molecular weight is 258 g/mol. The Bertz CT molecular complexity index is 566. The molecule has 0 radical (unpaired) electrons. The molecule has 2 aromatic rings. The Balaban J connectivity index is 1.76. The molecule has 19 heavy (non-hydrogen) atoms. The van der Waals surface area contributed by atoms with Crippen LogP contribution in [0.4, 0.5) is 11.5 Å². The summed E-state index contributed by atoms with van der Waals surface area (Å²) >= 11 is 0. The summed E-state index contributed by atoms with van der Waals surface area (Å²) in [6.45, 7) is 2.67. The smallest absolute Gasteiger partial charge is 0.137 e. The summed E-state index contributed by atoms with van der Waals surface area (Å²) in [5.41, 5.74) is 7.37. The van der Waals surface area contributed by atoms with Crippen LogP contribution in [0.3, 0.4) is 0 Å². The second kappa shape index (κ2) is 5.40. The van der Waals surface area contributed by atoms with Crippen molar-refractivity contribution < 1.29 is 4.74 Å². The van der Waals surface area contributed by atoms with Crippen molar-refractivity contribution in [3.8, 4) is 0 Å². The molecule has 0 spiro atoms. The van der Waals surface area contributed by atoms with Crippen molar-refractivity contribution in [1.29, 1.82) is 0 Å². The predicted octanol–water partition coefficient (Wildman–Crippen LogP) is 2.05. The highest BCUT2D eigenvalue weighted by atomic mass is 16.5. The van der Waals surface area contributed by atoms with Crippen LogP contribution >= 0.6 is 0 Å². The van der Waals surface area contributed by atoms with E-state index in [0.29, 0.717) is 5.92 Å². The fourth-order valence-corrected chi connectivity index (χ4v) is 2.41. The number of aromatic nitrogens is 2. The van der Waals surface area contributed by atoms with Crippen molar-refractivity contribution >= 4 is 22.4 Å². The van der Waals surface area contributed by atoms with Crippen molar-refractivity contribution in [3.63, 3.8) is 0 Å². The van der Waals surface area contributed by atoms with Crippen molar-refractivity contribution in [2.45, 2.75) is 12.8 Å². The summed E-state index contributed by atoms with van der Waals surface area (Å²) in [4.78, 5) is 8.57. The van der Waals surface area contributed by atoms with Crippen LogP contribution in [0.2, 0.25) is 0 Å². The highest BCUT2D eigenvalue weighted by Crippen LogP contribution is 2.22. The number of nitrogens with one attached hydrogen (secondary N) is 1. The van der Waals surface area contributed by atoms with Crippen LogP contribution in [0.1, 0.15) is 12.8 Å². The molecule has 0 aliphatic carbocycles. The molecule has 3 rings (SSSR count). The molecule has 0 saturated carbocycles. The normalized spacial score (nSPS) is 16.6. The number of rotatable bonds is 3. The summed E-state index contributed by atoms with van der Waals surface area (Å²) in [6, 6.07) is 5.72. The molecule has 2 heterocycles. The van der Waals surface area contributed by atoms with Gasteiger partial charge in [0, 0.05) is 30.8 Å². The molecule has 3 N–H and O–H groups in total. The third-order valence-electron chi connectivity index (χ3n) is 3.56. The molecular weight excluding hydrogens is 240 g/mol. The monoisotopic (exact) mass is 258 g/mol. The van der Waals surface area contributed by atoms with Crippen molar-refractivity contribution in [2.24, 2.45) is 5.92 Å². The first-order chi connectivity index (χ1) is 9.33. The maximum atomic E-state index is 5.77. The number of hydrogen-bond donors (Lipinski definition) is 2. The van der Waals surface area contributed by atoms with Gasteiger partial charge in [0.2, 0.25) is 0 Å². The summed E-state index contributed by atoms with van der Waals surface area (Å²) < 4.78 is 5.37. The highest BCUT2D eigenvalue weighted by Gasteiger charge is 2.14. The zero-order valence-corrected chi connectivity index (χ0v) is 10.8. The topological polar surface area (TPSA) is 73.1 Å². The number of nitrogens with two attached hydrogens (primary N) is 1. The minimum absolute atomic E-state index is 0.660. The molecule has 0 bridgehead atoms. The van der Waals surface area contributed by atoms with E-state index in [-0.39, 0.29) is 0 Å². The summed E-state index contributed by atoms with van der Waals surface area (Å²) in [5, 5.41) is 4.45. The van der Waals surface area contributed by atoms with Gasteiger partial charge in [0.1, 0.15) is 12.1 Å². The second-order valence-electron chi connectivity index (χ2n) is 4.94. The van der Waals surface area contributed by atoms with Crippen LogP contribution in [-0.4, -0.2) is 29.7 Å². The minimum Gasteiger partial charge on any atom is -0.399 e. The predicted molar refractivity (Wildman–Crippen MR) is 76.0 cm³/mol. The van der Waals surface area contributed by atoms with E-state index in [4.69, 9.17) is 10.5 Å². The van der Waals surface area contributed by atoms with E-state index in [2.05, 4.69) is 15.3 Å². The fraction of sp³-hybridized carbons (Fsp3) is 0.429. The summed E-state index contributed by atoms with van der Waals surface area (Å²) in [7, 11) is 0. The minimum atomic E-state index is 0.660. The zero-order valence-electron chi connectivity index (χ0n) is 10.8. The maximum absolute atomic E-state index is 5.77. The van der Waals surface area contributed by atoms with Crippen LogP contribution in [0.15, 0.2) is 24.5 Å². The molecule has 0 atom stereocenters. The van der Waals surface area contributed by atoms with Crippen molar-refractivity contribution in [1.82, 2.24) is 9.97 Å². The second-order valence-corrected chi connectivity index (χ2v) is 4.94. The van der Waals surface area contributed by atoms with Gasteiger partial charge in [-0.15, -0.1) is 0 Å². The molecule has 1 aliphatic rings. The lowest BCUT2D eigenvalue weighted by molar-refractivity contribution is 0.0699. The zero-order chi connectivity index (χ0) is 13.1. The standard InChI is InChI=1S/C14H18N4O/c15-11-1-2-12-13(7-11)17-9-18-14(12)16-8-10-3-5-19-6-4-10/h1-2,7,9-10H,3-6,8,15H2,(H,16,17,18). The van der Waals surface area contributed by atoms with Gasteiger partial charge in [0.25, 0.3) is 0 Å². The van der Waals surface area contributed by atoms with E-state index in [1.165, 1.54) is 0 Å². The lowest BCUT2D eigenvalue weighted by Crippen LogP contribution is -2.23. The molecule has 5 nitrogen and oxygen atoms in total. The molecule has 1 aromatic carbocycles. The Morgan fingerprint density at radius 3 is 2.95 bits per heavy atom. The van der Waals surface area contributed by atoms with Crippen LogP contribution in [0.5, 0.6) is 0 Å². The Kier molecular flexibility index (Phi) is 3.46. The molecule has 1 aliphatic heterocycles. The van der Waals surface area contributed by atoms with E-state index >= 15 is 0 Å². The molecule has 5 heteroatoms. The van der Waals surface area contributed by atoms with Crippen LogP contribution in [0.25, 0.3) is 10.9 Å². The molecular formula is C14H18N4O. The lowest BCUT2D eigenvalue weighted by Gasteiger charge is -2.22. The molecule has 0 amide bonds. The van der Waals surface area contributed by atoms with E-state index in [1.54, 1.807) is 6.33 Å². The van der Waals surface area contributed by atoms with Gasteiger partial charge < -0.3 is 15.8 Å². The number of ether oxygens (including phenoxy) is 1. The fourth-order valence-electron chi connectivity index (χ4n) is 2.41. The molecule has 100 valence electrons. The third-order valence-corrected chi connectivity index (χ3v) is 3.56. The Hall–Kier alpha value is -1.88. The molecule has 1 aromatic heterocycles. The Labute approximate surface area is 112 Å². The van der Waals surface area contributed by atoms with E-state index in [9.17, 15) is 0 Å². The van der Waals surface area contributed by atoms with Gasteiger partial charge in [-0.1, -0.05) is 0 Å². The van der Waals surface area contributed by atoms with Gasteiger partial charge in [-0.3, -0.25) is 0 Å². The van der Waals surface area contributed by atoms with E-state index < -0.39 is 0 Å². The number of benzene rings is 1. The largest absolute Gasteiger partial charge is 0.399 e. The maximum Gasteiger partial charge on any atom is 0.137 e. The summed E-state index contributed by atoms with van der Waals surface area (Å²) in [5.74, 6) is 1.55. The van der Waals surface area contributed by atoms with Gasteiger partial charge in [-0.25, -0.2) is 9.97 Å². The first-order valence-electron chi connectivity index (χ1n) is 6.65. The Morgan fingerprint density at radius 1 is 1.26 bits per heavy atom. The average Bonchev–Trinajstić information content (AvgIpc) is 2.45. The third kappa shape index (κ3) is 2.76. The first kappa shape index (κ1) is 12.2. The number of nitrogens with zero attached hydrogens (tertiary/aromatic N) is 2. The molecule has 0 unspecified atom stereocenters. The number of nitrogen functional groups attached to an aromatic ring is 1. The highest BCUT2D eigenvalue weighted by molar-refractivity contribution is 5.90. The van der Waals surface area contributed by atoms with E-state index in [1.807, 2.05) is 18.2 Å². The Morgan fingerprint density at radius 2 is 2.11 bits per heavy atom. The molecule has 1 fully saturated rings. The number of hydrogen-bond acceptors (Lipinski definition) is 5. The van der Waals surface area contributed by atoms with Crippen LogP contribution in [0, 0.1) is 5.92 Å². The van der Waals surface area contributed by atoms with Gasteiger partial charge >= 0.3 is 0 Å². The van der Waals surface area contributed by atoms with Gasteiger partial charge in [-0.2, -0.15) is 0 Å². The lowest BCUT2D eigenvalue weighted by atomic mass is 10.0. The van der Waals surface area contributed by atoms with Gasteiger partial charge in [0.15, 0.2) is 0 Å². The van der Waals surface area contributed by atoms with Crippen LogP contribution < -0.4 is 11.1 Å². The van der Waals surface area contributed by atoms with E-state index in [0.717, 1.165) is 55.0 Å².